The Morgan fingerprint density at radius 1 is 1.11 bits per heavy atom. The van der Waals surface area contributed by atoms with Crippen LogP contribution in [0.5, 0.6) is 0 Å². The standard InChI is InChI=1S/C15H14F2OS/c1-2-19-12-6-3-10(4-7-12)15(18)13-9-11(16)5-8-14(13)17/h3-9,15,18H,2H2,1H3. The lowest BCUT2D eigenvalue weighted by atomic mass is 10.0. The van der Waals surface area contributed by atoms with Crippen molar-refractivity contribution in [2.45, 2.75) is 17.9 Å². The van der Waals surface area contributed by atoms with Crippen LogP contribution in [0.15, 0.2) is 47.4 Å². The number of thioether (sulfide) groups is 1. The molecule has 2 aromatic rings. The van der Waals surface area contributed by atoms with E-state index < -0.39 is 17.7 Å². The van der Waals surface area contributed by atoms with Crippen molar-refractivity contribution in [1.29, 1.82) is 0 Å². The zero-order valence-electron chi connectivity index (χ0n) is 10.4. The van der Waals surface area contributed by atoms with E-state index in [-0.39, 0.29) is 5.56 Å². The smallest absolute Gasteiger partial charge is 0.129 e. The minimum Gasteiger partial charge on any atom is -0.384 e. The number of benzene rings is 2. The molecular weight excluding hydrogens is 266 g/mol. The highest BCUT2D eigenvalue weighted by Crippen LogP contribution is 2.27. The zero-order chi connectivity index (χ0) is 13.8. The molecule has 4 heteroatoms. The van der Waals surface area contributed by atoms with Gasteiger partial charge in [0.25, 0.3) is 0 Å². The average Bonchev–Trinajstić information content (AvgIpc) is 2.42. The maximum atomic E-state index is 13.6. The summed E-state index contributed by atoms with van der Waals surface area (Å²) in [7, 11) is 0. The van der Waals surface area contributed by atoms with Gasteiger partial charge < -0.3 is 5.11 Å². The predicted molar refractivity (Wildman–Crippen MR) is 73.3 cm³/mol. The quantitative estimate of drug-likeness (QED) is 0.849. The lowest BCUT2D eigenvalue weighted by Crippen LogP contribution is -2.03. The van der Waals surface area contributed by atoms with E-state index in [9.17, 15) is 13.9 Å². The third-order valence-electron chi connectivity index (χ3n) is 2.76. The van der Waals surface area contributed by atoms with E-state index in [2.05, 4.69) is 6.92 Å². The molecule has 0 aliphatic heterocycles. The Labute approximate surface area is 115 Å². The molecule has 100 valence electrons. The van der Waals surface area contributed by atoms with Crippen LogP contribution in [0.2, 0.25) is 0 Å². The molecule has 0 aliphatic rings. The number of aliphatic hydroxyl groups is 1. The largest absolute Gasteiger partial charge is 0.384 e. The third kappa shape index (κ3) is 3.33. The monoisotopic (exact) mass is 280 g/mol. The normalized spacial score (nSPS) is 12.4. The molecule has 1 N–H and O–H groups in total. The van der Waals surface area contributed by atoms with Crippen LogP contribution in [-0.2, 0) is 0 Å². The minimum atomic E-state index is -1.16. The molecular formula is C15H14F2OS. The summed E-state index contributed by atoms with van der Waals surface area (Å²) in [6.45, 7) is 2.05. The van der Waals surface area contributed by atoms with Gasteiger partial charge in [-0.15, -0.1) is 11.8 Å². The van der Waals surface area contributed by atoms with Crippen LogP contribution in [-0.4, -0.2) is 10.9 Å². The van der Waals surface area contributed by atoms with Gasteiger partial charge in [-0.2, -0.15) is 0 Å². The fourth-order valence-corrected chi connectivity index (χ4v) is 2.48. The van der Waals surface area contributed by atoms with Crippen LogP contribution < -0.4 is 0 Å². The molecule has 0 amide bonds. The summed E-state index contributed by atoms with van der Waals surface area (Å²) in [5, 5.41) is 10.1. The molecule has 1 nitrogen and oxygen atoms in total. The van der Waals surface area contributed by atoms with Crippen LogP contribution in [0.4, 0.5) is 8.78 Å². The Kier molecular flexibility index (Phi) is 4.56. The van der Waals surface area contributed by atoms with Crippen molar-refractivity contribution >= 4 is 11.8 Å². The molecule has 0 fully saturated rings. The van der Waals surface area contributed by atoms with Gasteiger partial charge in [0.05, 0.1) is 0 Å². The summed E-state index contributed by atoms with van der Waals surface area (Å²) < 4.78 is 26.7. The Morgan fingerprint density at radius 2 is 1.79 bits per heavy atom. The van der Waals surface area contributed by atoms with Crippen molar-refractivity contribution in [3.63, 3.8) is 0 Å². The molecule has 1 atom stereocenters. The SMILES string of the molecule is CCSc1ccc(C(O)c2cc(F)ccc2F)cc1. The second-order valence-electron chi connectivity index (χ2n) is 4.07. The highest BCUT2D eigenvalue weighted by molar-refractivity contribution is 7.99. The van der Waals surface area contributed by atoms with Gasteiger partial charge in [0.2, 0.25) is 0 Å². The van der Waals surface area contributed by atoms with Crippen LogP contribution in [0.25, 0.3) is 0 Å². The Morgan fingerprint density at radius 3 is 2.42 bits per heavy atom. The summed E-state index contributed by atoms with van der Waals surface area (Å²) in [6, 6.07) is 10.3. The first-order chi connectivity index (χ1) is 9.11. The number of aliphatic hydroxyl groups excluding tert-OH is 1. The number of rotatable bonds is 4. The van der Waals surface area contributed by atoms with Gasteiger partial charge in [-0.1, -0.05) is 19.1 Å². The summed E-state index contributed by atoms with van der Waals surface area (Å²) in [5.41, 5.74) is 0.501. The lowest BCUT2D eigenvalue weighted by Gasteiger charge is -2.13. The van der Waals surface area contributed by atoms with Crippen molar-refractivity contribution < 1.29 is 13.9 Å². The molecule has 19 heavy (non-hydrogen) atoms. The molecule has 0 heterocycles. The van der Waals surface area contributed by atoms with Crippen LogP contribution in [0.3, 0.4) is 0 Å². The first-order valence-electron chi connectivity index (χ1n) is 5.97. The topological polar surface area (TPSA) is 20.2 Å². The van der Waals surface area contributed by atoms with Crippen molar-refractivity contribution in [3.8, 4) is 0 Å². The van der Waals surface area contributed by atoms with E-state index in [0.29, 0.717) is 5.56 Å². The summed E-state index contributed by atoms with van der Waals surface area (Å²) in [4.78, 5) is 1.08. The molecule has 0 spiro atoms. The number of hydrogen-bond donors (Lipinski definition) is 1. The molecule has 1 unspecified atom stereocenters. The highest BCUT2D eigenvalue weighted by Gasteiger charge is 2.15. The van der Waals surface area contributed by atoms with E-state index in [1.54, 1.807) is 23.9 Å². The van der Waals surface area contributed by atoms with Gasteiger partial charge in [-0.25, -0.2) is 8.78 Å². The highest BCUT2D eigenvalue weighted by atomic mass is 32.2. The van der Waals surface area contributed by atoms with E-state index in [1.165, 1.54) is 0 Å². The van der Waals surface area contributed by atoms with Gasteiger partial charge in [-0.3, -0.25) is 0 Å². The van der Waals surface area contributed by atoms with Gasteiger partial charge in [0, 0.05) is 10.5 Å². The average molecular weight is 280 g/mol. The Bertz CT molecular complexity index is 555. The predicted octanol–water partition coefficient (Wildman–Crippen LogP) is 4.16. The lowest BCUT2D eigenvalue weighted by molar-refractivity contribution is 0.214. The second kappa shape index (κ2) is 6.17. The van der Waals surface area contributed by atoms with E-state index in [1.807, 2.05) is 12.1 Å². The molecule has 0 saturated heterocycles. The van der Waals surface area contributed by atoms with Gasteiger partial charge in [0.15, 0.2) is 0 Å². The maximum absolute atomic E-state index is 13.6. The first-order valence-corrected chi connectivity index (χ1v) is 6.96. The van der Waals surface area contributed by atoms with Crippen LogP contribution in [0, 0.1) is 11.6 Å². The van der Waals surface area contributed by atoms with Crippen LogP contribution >= 0.6 is 11.8 Å². The van der Waals surface area contributed by atoms with E-state index in [4.69, 9.17) is 0 Å². The van der Waals surface area contributed by atoms with Crippen molar-refractivity contribution in [2.24, 2.45) is 0 Å². The molecule has 0 radical (unpaired) electrons. The van der Waals surface area contributed by atoms with E-state index in [0.717, 1.165) is 28.8 Å². The summed E-state index contributed by atoms with van der Waals surface area (Å²) >= 11 is 1.68. The van der Waals surface area contributed by atoms with Crippen LogP contribution in [0.1, 0.15) is 24.2 Å². The Hall–Kier alpha value is -1.39. The zero-order valence-corrected chi connectivity index (χ0v) is 11.3. The molecule has 2 rings (SSSR count). The molecule has 0 aromatic heterocycles. The van der Waals surface area contributed by atoms with Crippen molar-refractivity contribution in [3.05, 3.63) is 65.2 Å². The number of hydrogen-bond acceptors (Lipinski definition) is 2. The molecule has 2 aromatic carbocycles. The van der Waals surface area contributed by atoms with Crippen molar-refractivity contribution in [2.75, 3.05) is 5.75 Å². The number of halogens is 2. The summed E-state index contributed by atoms with van der Waals surface area (Å²) in [6.07, 6.45) is -1.16. The Balaban J connectivity index is 2.27. The molecule has 0 aliphatic carbocycles. The maximum Gasteiger partial charge on any atom is 0.129 e. The van der Waals surface area contributed by atoms with Crippen molar-refractivity contribution in [1.82, 2.24) is 0 Å². The first kappa shape index (κ1) is 14.0. The van der Waals surface area contributed by atoms with Gasteiger partial charge in [0.1, 0.15) is 17.7 Å². The fourth-order valence-electron chi connectivity index (χ4n) is 1.82. The molecule has 0 bridgehead atoms. The molecule has 0 saturated carbocycles. The van der Waals surface area contributed by atoms with Gasteiger partial charge >= 0.3 is 0 Å². The fraction of sp³-hybridized carbons (Fsp3) is 0.200. The minimum absolute atomic E-state index is 0.0455. The summed E-state index contributed by atoms with van der Waals surface area (Å²) in [5.74, 6) is -0.213. The van der Waals surface area contributed by atoms with E-state index >= 15 is 0 Å². The second-order valence-corrected chi connectivity index (χ2v) is 5.41. The third-order valence-corrected chi connectivity index (χ3v) is 3.65. The van der Waals surface area contributed by atoms with Gasteiger partial charge in [-0.05, 0) is 41.6 Å².